The molecule has 2 N–H and O–H groups in total. The van der Waals surface area contributed by atoms with Crippen molar-refractivity contribution in [2.24, 2.45) is 0 Å². The van der Waals surface area contributed by atoms with Crippen LogP contribution in [0, 0.1) is 0 Å². The van der Waals surface area contributed by atoms with Gasteiger partial charge >= 0.3 is 6.03 Å². The van der Waals surface area contributed by atoms with Crippen LogP contribution in [0.5, 0.6) is 5.75 Å². The normalized spacial score (nSPS) is 15.4. The number of fused-ring (bicyclic) bond motifs is 3. The maximum Gasteiger partial charge on any atom is 0.321 e. The van der Waals surface area contributed by atoms with E-state index in [0.29, 0.717) is 22.0 Å². The van der Waals surface area contributed by atoms with Crippen LogP contribution in [0.2, 0.25) is 0 Å². The zero-order chi connectivity index (χ0) is 23.7. The smallest absolute Gasteiger partial charge is 0.321 e. The van der Waals surface area contributed by atoms with Gasteiger partial charge in [-0.2, -0.15) is 0 Å². The highest BCUT2D eigenvalue weighted by molar-refractivity contribution is 7.99. The number of hydrogen-bond acceptors (Lipinski definition) is 7. The Morgan fingerprint density at radius 3 is 2.68 bits per heavy atom. The summed E-state index contributed by atoms with van der Waals surface area (Å²) in [5.41, 5.74) is 1.66. The number of urea groups is 1. The van der Waals surface area contributed by atoms with Crippen molar-refractivity contribution in [3.05, 3.63) is 45.1 Å². The molecule has 2 heterocycles. The standard InChI is InChI=1S/C24H26N4O4S2/c1-32-16-11-9-15(10-12-16)28-22(30)20-17-5-3-2-4-6-18(17)34-21(20)27-24(28)33-13-19(29)26-23(31)25-14-7-8-14/h9-12,14H,2-8,13H2,1H3,(H2,25,26,29,31). The van der Waals surface area contributed by atoms with Gasteiger partial charge in [0.15, 0.2) is 5.16 Å². The van der Waals surface area contributed by atoms with E-state index in [4.69, 9.17) is 9.72 Å². The summed E-state index contributed by atoms with van der Waals surface area (Å²) in [6, 6.07) is 6.90. The molecule has 34 heavy (non-hydrogen) atoms. The van der Waals surface area contributed by atoms with Crippen LogP contribution >= 0.6 is 23.1 Å². The number of benzene rings is 1. The number of hydrogen-bond donors (Lipinski definition) is 2. The van der Waals surface area contributed by atoms with Crippen molar-refractivity contribution in [3.8, 4) is 11.4 Å². The fourth-order valence-electron chi connectivity index (χ4n) is 4.16. The van der Waals surface area contributed by atoms with E-state index in [1.165, 1.54) is 11.3 Å². The van der Waals surface area contributed by atoms with E-state index in [1.54, 1.807) is 35.1 Å². The zero-order valence-electron chi connectivity index (χ0n) is 18.9. The van der Waals surface area contributed by atoms with E-state index >= 15 is 0 Å². The lowest BCUT2D eigenvalue weighted by Crippen LogP contribution is -2.41. The fourth-order valence-corrected chi connectivity index (χ4v) is 6.28. The van der Waals surface area contributed by atoms with Gasteiger partial charge in [0.1, 0.15) is 10.6 Å². The number of rotatable bonds is 6. The first-order chi connectivity index (χ1) is 16.5. The lowest BCUT2D eigenvalue weighted by molar-refractivity contribution is -0.117. The lowest BCUT2D eigenvalue weighted by atomic mass is 10.1. The number of methoxy groups -OCH3 is 1. The molecule has 0 spiro atoms. The van der Waals surface area contributed by atoms with Gasteiger partial charge in [0.25, 0.3) is 5.56 Å². The predicted octanol–water partition coefficient (Wildman–Crippen LogP) is 3.81. The number of thiophene rings is 1. The molecule has 0 aliphatic heterocycles. The van der Waals surface area contributed by atoms with E-state index in [0.717, 1.165) is 60.7 Å². The number of aryl methyl sites for hydroxylation is 2. The molecular weight excluding hydrogens is 472 g/mol. The maximum atomic E-state index is 13.8. The molecule has 10 heteroatoms. The van der Waals surface area contributed by atoms with Gasteiger partial charge in [0.2, 0.25) is 5.91 Å². The monoisotopic (exact) mass is 498 g/mol. The minimum absolute atomic E-state index is 0.0305. The second kappa shape index (κ2) is 9.79. The molecule has 0 unspecified atom stereocenters. The summed E-state index contributed by atoms with van der Waals surface area (Å²) in [6.07, 6.45) is 7.11. The first-order valence-electron chi connectivity index (χ1n) is 11.5. The Morgan fingerprint density at radius 2 is 1.94 bits per heavy atom. The molecule has 178 valence electrons. The number of nitrogens with zero attached hydrogens (tertiary/aromatic N) is 2. The largest absolute Gasteiger partial charge is 0.497 e. The summed E-state index contributed by atoms with van der Waals surface area (Å²) in [4.78, 5) is 44.9. The molecule has 0 radical (unpaired) electrons. The van der Waals surface area contributed by atoms with Crippen LogP contribution in [0.4, 0.5) is 4.79 Å². The SMILES string of the molecule is COc1ccc(-n2c(SCC(=O)NC(=O)NC3CC3)nc3sc4c(c3c2=O)CCCCC4)cc1. The van der Waals surface area contributed by atoms with Gasteiger partial charge in [-0.3, -0.25) is 19.5 Å². The average molecular weight is 499 g/mol. The van der Waals surface area contributed by atoms with Crippen molar-refractivity contribution in [2.75, 3.05) is 12.9 Å². The van der Waals surface area contributed by atoms with Crippen LogP contribution in [0.3, 0.4) is 0 Å². The number of carbonyl (C=O) groups is 2. The fraction of sp³-hybridized carbons (Fsp3) is 0.417. The Kier molecular flexibility index (Phi) is 6.60. The third-order valence-electron chi connectivity index (χ3n) is 6.04. The van der Waals surface area contributed by atoms with Gasteiger partial charge in [-0.05, 0) is 68.4 Å². The molecule has 1 fully saturated rings. The Labute approximate surface area is 205 Å². The number of imide groups is 1. The van der Waals surface area contributed by atoms with Crippen LogP contribution in [0.25, 0.3) is 15.9 Å². The first kappa shape index (κ1) is 22.9. The summed E-state index contributed by atoms with van der Waals surface area (Å²) in [5.74, 6) is 0.225. The summed E-state index contributed by atoms with van der Waals surface area (Å²) < 4.78 is 6.83. The topological polar surface area (TPSA) is 102 Å². The van der Waals surface area contributed by atoms with Gasteiger partial charge in [0.05, 0.1) is 23.9 Å². The molecule has 0 atom stereocenters. The maximum absolute atomic E-state index is 13.8. The van der Waals surface area contributed by atoms with Gasteiger partial charge in [-0.1, -0.05) is 18.2 Å². The van der Waals surface area contributed by atoms with Crippen molar-refractivity contribution in [3.63, 3.8) is 0 Å². The third-order valence-corrected chi connectivity index (χ3v) is 8.16. The summed E-state index contributed by atoms with van der Waals surface area (Å²) >= 11 is 2.74. The second-order valence-corrected chi connectivity index (χ2v) is 10.6. The highest BCUT2D eigenvalue weighted by Gasteiger charge is 2.25. The second-order valence-electron chi connectivity index (χ2n) is 8.56. The molecule has 2 aromatic heterocycles. The highest BCUT2D eigenvalue weighted by Crippen LogP contribution is 2.34. The van der Waals surface area contributed by atoms with Crippen molar-refractivity contribution in [2.45, 2.75) is 56.1 Å². The minimum Gasteiger partial charge on any atom is -0.497 e. The van der Waals surface area contributed by atoms with Crippen molar-refractivity contribution < 1.29 is 14.3 Å². The van der Waals surface area contributed by atoms with Crippen LogP contribution in [-0.2, 0) is 17.6 Å². The average Bonchev–Trinajstić information content (AvgIpc) is 3.61. The molecule has 8 nitrogen and oxygen atoms in total. The van der Waals surface area contributed by atoms with Gasteiger partial charge < -0.3 is 10.1 Å². The van der Waals surface area contributed by atoms with Crippen molar-refractivity contribution >= 4 is 45.3 Å². The molecular formula is C24H26N4O4S2. The summed E-state index contributed by atoms with van der Waals surface area (Å²) in [5, 5.41) is 6.21. The first-order valence-corrected chi connectivity index (χ1v) is 13.3. The van der Waals surface area contributed by atoms with Crippen LogP contribution in [0.15, 0.2) is 34.2 Å². The van der Waals surface area contributed by atoms with Gasteiger partial charge in [0, 0.05) is 10.9 Å². The molecule has 3 amide bonds. The number of aromatic nitrogens is 2. The molecule has 2 aliphatic rings. The van der Waals surface area contributed by atoms with E-state index in [2.05, 4.69) is 10.6 Å². The summed E-state index contributed by atoms with van der Waals surface area (Å²) in [6.45, 7) is 0. The molecule has 0 saturated heterocycles. The number of amides is 3. The minimum atomic E-state index is -0.481. The number of ether oxygens (including phenoxy) is 1. The van der Waals surface area contributed by atoms with E-state index in [9.17, 15) is 14.4 Å². The molecule has 1 saturated carbocycles. The number of thioether (sulfide) groups is 1. The zero-order valence-corrected chi connectivity index (χ0v) is 20.5. The third kappa shape index (κ3) is 4.83. The van der Waals surface area contributed by atoms with Crippen LogP contribution in [-0.4, -0.2) is 40.4 Å². The quantitative estimate of drug-likeness (QED) is 0.304. The van der Waals surface area contributed by atoms with Gasteiger partial charge in [-0.15, -0.1) is 11.3 Å². The van der Waals surface area contributed by atoms with Gasteiger partial charge in [-0.25, -0.2) is 9.78 Å². The van der Waals surface area contributed by atoms with Crippen LogP contribution < -0.4 is 20.9 Å². The number of carbonyl (C=O) groups excluding carboxylic acids is 2. The van der Waals surface area contributed by atoms with Crippen LogP contribution in [0.1, 0.15) is 42.5 Å². The Hall–Kier alpha value is -2.85. The van der Waals surface area contributed by atoms with E-state index < -0.39 is 11.9 Å². The molecule has 2 aliphatic carbocycles. The molecule has 5 rings (SSSR count). The summed E-state index contributed by atoms with van der Waals surface area (Å²) in [7, 11) is 1.59. The predicted molar refractivity (Wildman–Crippen MR) is 133 cm³/mol. The Bertz CT molecular complexity index is 1300. The molecule has 1 aromatic carbocycles. The Balaban J connectivity index is 1.50. The van der Waals surface area contributed by atoms with E-state index in [-0.39, 0.29) is 17.4 Å². The van der Waals surface area contributed by atoms with E-state index in [1.807, 2.05) is 12.1 Å². The van der Waals surface area contributed by atoms with Crippen molar-refractivity contribution in [1.82, 2.24) is 20.2 Å². The Morgan fingerprint density at radius 1 is 1.18 bits per heavy atom. The lowest BCUT2D eigenvalue weighted by Gasteiger charge is -2.13. The molecule has 0 bridgehead atoms. The highest BCUT2D eigenvalue weighted by atomic mass is 32.2. The van der Waals surface area contributed by atoms with Crippen molar-refractivity contribution in [1.29, 1.82) is 0 Å². The molecule has 3 aromatic rings. The number of nitrogens with one attached hydrogen (secondary N) is 2.